The molecule has 16 heavy (non-hydrogen) atoms. The zero-order chi connectivity index (χ0) is 12.4. The zero-order valence-electron chi connectivity index (χ0n) is 10.8. The maximum atomic E-state index is 10.9. The quantitative estimate of drug-likeness (QED) is 0.739. The Morgan fingerprint density at radius 1 is 1.44 bits per heavy atom. The lowest BCUT2D eigenvalue weighted by Crippen LogP contribution is -2.32. The smallest absolute Gasteiger partial charge is 0.304 e. The van der Waals surface area contributed by atoms with Crippen LogP contribution in [0.4, 0.5) is 0 Å². The fraction of sp³-hybridized carbons (Fsp3) is 0.786. The molecule has 0 bridgehead atoms. The first-order valence-corrected chi connectivity index (χ1v) is 6.14. The molecule has 1 N–H and O–H groups in total. The third-order valence-corrected chi connectivity index (χ3v) is 4.14. The van der Waals surface area contributed by atoms with Crippen LogP contribution in [0.5, 0.6) is 0 Å². The van der Waals surface area contributed by atoms with Crippen LogP contribution < -0.4 is 0 Å². The fourth-order valence-corrected chi connectivity index (χ4v) is 2.81. The SMILES string of the molecule is C=CC1(CC(=O)O)CCC(C(C)(C)C)CC1. The van der Waals surface area contributed by atoms with Crippen LogP contribution in [0.2, 0.25) is 0 Å². The maximum Gasteiger partial charge on any atom is 0.304 e. The van der Waals surface area contributed by atoms with Gasteiger partial charge < -0.3 is 5.11 Å². The van der Waals surface area contributed by atoms with E-state index in [4.69, 9.17) is 5.11 Å². The number of aliphatic carboxylic acids is 1. The van der Waals surface area contributed by atoms with Crippen LogP contribution in [0.1, 0.15) is 52.9 Å². The Morgan fingerprint density at radius 2 is 1.94 bits per heavy atom. The van der Waals surface area contributed by atoms with Crippen LogP contribution >= 0.6 is 0 Å². The lowest BCUT2D eigenvalue weighted by Gasteiger charge is -2.42. The number of hydrogen-bond donors (Lipinski definition) is 1. The second-order valence-electron chi connectivity index (χ2n) is 6.28. The van der Waals surface area contributed by atoms with Crippen molar-refractivity contribution in [3.05, 3.63) is 12.7 Å². The number of carboxylic acid groups (broad SMARTS) is 1. The van der Waals surface area contributed by atoms with E-state index in [1.54, 1.807) is 0 Å². The van der Waals surface area contributed by atoms with Gasteiger partial charge in [0.25, 0.3) is 0 Å². The molecule has 0 atom stereocenters. The molecule has 0 saturated heterocycles. The molecule has 1 fully saturated rings. The van der Waals surface area contributed by atoms with Crippen LogP contribution in [0.3, 0.4) is 0 Å². The summed E-state index contributed by atoms with van der Waals surface area (Å²) in [7, 11) is 0. The number of hydrogen-bond acceptors (Lipinski definition) is 1. The molecular weight excluding hydrogens is 200 g/mol. The van der Waals surface area contributed by atoms with Crippen LogP contribution in [0.25, 0.3) is 0 Å². The van der Waals surface area contributed by atoms with Crippen molar-refractivity contribution >= 4 is 5.97 Å². The molecule has 0 unspecified atom stereocenters. The van der Waals surface area contributed by atoms with Crippen LogP contribution in [-0.4, -0.2) is 11.1 Å². The van der Waals surface area contributed by atoms with E-state index in [1.807, 2.05) is 6.08 Å². The summed E-state index contributed by atoms with van der Waals surface area (Å²) in [6.45, 7) is 10.7. The molecule has 0 aromatic carbocycles. The Balaban J connectivity index is 2.64. The minimum Gasteiger partial charge on any atom is -0.481 e. The third-order valence-electron chi connectivity index (χ3n) is 4.14. The molecule has 0 aromatic rings. The first kappa shape index (κ1) is 13.3. The molecule has 0 spiro atoms. The standard InChI is InChI=1S/C14H24O2/c1-5-14(10-12(15)16)8-6-11(7-9-14)13(2,3)4/h5,11H,1,6-10H2,2-4H3,(H,15,16). The largest absolute Gasteiger partial charge is 0.481 e. The van der Waals surface area contributed by atoms with E-state index in [0.717, 1.165) is 31.6 Å². The van der Waals surface area contributed by atoms with E-state index in [0.29, 0.717) is 5.41 Å². The highest BCUT2D eigenvalue weighted by Gasteiger charge is 2.38. The van der Waals surface area contributed by atoms with Gasteiger partial charge in [-0.15, -0.1) is 6.58 Å². The van der Waals surface area contributed by atoms with Gasteiger partial charge in [0.05, 0.1) is 6.42 Å². The molecule has 2 heteroatoms. The monoisotopic (exact) mass is 224 g/mol. The molecule has 0 amide bonds. The average Bonchev–Trinajstić information content (AvgIpc) is 2.16. The maximum absolute atomic E-state index is 10.9. The molecule has 0 aromatic heterocycles. The summed E-state index contributed by atoms with van der Waals surface area (Å²) in [6, 6.07) is 0. The number of carboxylic acids is 1. The Kier molecular flexibility index (Phi) is 3.82. The van der Waals surface area contributed by atoms with Crippen LogP contribution in [0.15, 0.2) is 12.7 Å². The van der Waals surface area contributed by atoms with Gasteiger partial charge >= 0.3 is 5.97 Å². The third kappa shape index (κ3) is 3.10. The molecule has 2 nitrogen and oxygen atoms in total. The van der Waals surface area contributed by atoms with E-state index < -0.39 is 5.97 Å². The highest BCUT2D eigenvalue weighted by atomic mass is 16.4. The first-order valence-electron chi connectivity index (χ1n) is 6.14. The summed E-state index contributed by atoms with van der Waals surface area (Å²) in [5, 5.41) is 8.94. The minimum atomic E-state index is -0.700. The number of allylic oxidation sites excluding steroid dienone is 1. The van der Waals surface area contributed by atoms with Crippen molar-refractivity contribution < 1.29 is 9.90 Å². The fourth-order valence-electron chi connectivity index (χ4n) is 2.81. The normalized spacial score (nSPS) is 31.1. The molecule has 0 heterocycles. The van der Waals surface area contributed by atoms with Crippen LogP contribution in [-0.2, 0) is 4.79 Å². The zero-order valence-corrected chi connectivity index (χ0v) is 10.8. The topological polar surface area (TPSA) is 37.3 Å². The van der Waals surface area contributed by atoms with Gasteiger partial charge in [0.15, 0.2) is 0 Å². The predicted octanol–water partition coefficient (Wildman–Crippen LogP) is 3.87. The molecule has 1 saturated carbocycles. The van der Waals surface area contributed by atoms with Crippen molar-refractivity contribution in [2.24, 2.45) is 16.7 Å². The van der Waals surface area contributed by atoms with Crippen molar-refractivity contribution in [2.45, 2.75) is 52.9 Å². The van der Waals surface area contributed by atoms with Gasteiger partial charge in [0.2, 0.25) is 0 Å². The minimum absolute atomic E-state index is 0.145. The van der Waals surface area contributed by atoms with Crippen molar-refractivity contribution in [1.29, 1.82) is 0 Å². The Labute approximate surface area is 98.7 Å². The van der Waals surface area contributed by atoms with Crippen molar-refractivity contribution in [2.75, 3.05) is 0 Å². The van der Waals surface area contributed by atoms with Gasteiger partial charge in [0, 0.05) is 0 Å². The lowest BCUT2D eigenvalue weighted by molar-refractivity contribution is -0.139. The van der Waals surface area contributed by atoms with Gasteiger partial charge in [-0.1, -0.05) is 26.8 Å². The molecule has 0 aliphatic heterocycles. The highest BCUT2D eigenvalue weighted by molar-refractivity contribution is 5.68. The van der Waals surface area contributed by atoms with E-state index in [1.165, 1.54) is 0 Å². The molecule has 1 rings (SSSR count). The number of carbonyl (C=O) groups is 1. The molecular formula is C14H24O2. The summed E-state index contributed by atoms with van der Waals surface area (Å²) < 4.78 is 0. The van der Waals surface area contributed by atoms with Gasteiger partial charge in [-0.2, -0.15) is 0 Å². The number of rotatable bonds is 3. The molecule has 92 valence electrons. The van der Waals surface area contributed by atoms with E-state index >= 15 is 0 Å². The summed E-state index contributed by atoms with van der Waals surface area (Å²) in [4.78, 5) is 10.9. The van der Waals surface area contributed by atoms with Gasteiger partial charge in [-0.25, -0.2) is 0 Å². The Morgan fingerprint density at radius 3 is 2.25 bits per heavy atom. The van der Waals surface area contributed by atoms with Crippen LogP contribution in [0, 0.1) is 16.7 Å². The predicted molar refractivity (Wildman–Crippen MR) is 66.3 cm³/mol. The summed E-state index contributed by atoms with van der Waals surface area (Å²) in [6.07, 6.45) is 6.33. The Bertz CT molecular complexity index is 265. The second kappa shape index (κ2) is 4.60. The van der Waals surface area contributed by atoms with Crippen molar-refractivity contribution in [3.8, 4) is 0 Å². The van der Waals surface area contributed by atoms with E-state index in [2.05, 4.69) is 27.4 Å². The van der Waals surface area contributed by atoms with Gasteiger partial charge in [-0.05, 0) is 42.4 Å². The lowest BCUT2D eigenvalue weighted by atomic mass is 9.63. The second-order valence-corrected chi connectivity index (χ2v) is 6.28. The molecule has 0 radical (unpaired) electrons. The van der Waals surface area contributed by atoms with Crippen molar-refractivity contribution in [1.82, 2.24) is 0 Å². The van der Waals surface area contributed by atoms with Crippen molar-refractivity contribution in [3.63, 3.8) is 0 Å². The molecule has 1 aliphatic rings. The highest BCUT2D eigenvalue weighted by Crippen LogP contribution is 2.47. The van der Waals surface area contributed by atoms with Gasteiger partial charge in [-0.3, -0.25) is 4.79 Å². The average molecular weight is 224 g/mol. The van der Waals surface area contributed by atoms with Gasteiger partial charge in [0.1, 0.15) is 0 Å². The van der Waals surface area contributed by atoms with E-state index in [-0.39, 0.29) is 11.8 Å². The summed E-state index contributed by atoms with van der Waals surface area (Å²) in [5.41, 5.74) is 0.199. The van der Waals surface area contributed by atoms with E-state index in [9.17, 15) is 4.79 Å². The molecule has 1 aliphatic carbocycles. The Hall–Kier alpha value is -0.790. The summed E-state index contributed by atoms with van der Waals surface area (Å²) in [5.74, 6) is 0.0171. The first-order chi connectivity index (χ1) is 7.29. The summed E-state index contributed by atoms with van der Waals surface area (Å²) >= 11 is 0.